The summed E-state index contributed by atoms with van der Waals surface area (Å²) in [6.45, 7) is 4.06. The number of hydrogen-bond acceptors (Lipinski definition) is 0. The van der Waals surface area contributed by atoms with Crippen molar-refractivity contribution in [3.8, 4) is 0 Å². The van der Waals surface area contributed by atoms with Crippen LogP contribution >= 0.6 is 0 Å². The van der Waals surface area contributed by atoms with Crippen LogP contribution in [0.1, 0.15) is 20.3 Å². The molecule has 0 aromatic heterocycles. The molecular weight excluding hydrogens is 131 g/mol. The van der Waals surface area contributed by atoms with Crippen LogP contribution in [0.3, 0.4) is 0 Å². The van der Waals surface area contributed by atoms with Crippen LogP contribution in [0.25, 0.3) is 0 Å². The van der Waals surface area contributed by atoms with Crippen molar-refractivity contribution in [1.29, 1.82) is 0 Å². The second kappa shape index (κ2) is 3.45. The van der Waals surface area contributed by atoms with Crippen LogP contribution in [0.15, 0.2) is 40.6 Å². The van der Waals surface area contributed by atoms with Crippen molar-refractivity contribution in [1.82, 2.24) is 0 Å². The maximum Gasteiger partial charge on any atom is 0.108 e. The Kier molecular flexibility index (Phi) is 2.56. The van der Waals surface area contributed by atoms with Gasteiger partial charge in [0.25, 0.3) is 0 Å². The highest BCUT2D eigenvalue weighted by molar-refractivity contribution is 6.22. The van der Waals surface area contributed by atoms with E-state index in [0.29, 0.717) is 0 Å². The summed E-state index contributed by atoms with van der Waals surface area (Å²) in [5, 5.41) is 0. The molecule has 11 heavy (non-hydrogen) atoms. The van der Waals surface area contributed by atoms with Gasteiger partial charge in [-0.3, -0.25) is 0 Å². The van der Waals surface area contributed by atoms with Gasteiger partial charge in [-0.25, -0.2) is 0 Å². The van der Waals surface area contributed by atoms with E-state index in [2.05, 4.69) is 5.73 Å². The van der Waals surface area contributed by atoms with E-state index in [9.17, 15) is 0 Å². The van der Waals surface area contributed by atoms with E-state index in [1.165, 1.54) is 0 Å². The van der Waals surface area contributed by atoms with Gasteiger partial charge in [-0.1, -0.05) is 17.7 Å². The SMILES string of the molecule is [B]/C1=C(/C)C(C)=C=C/C=C\C1. The zero-order valence-electron chi connectivity index (χ0n) is 7.02. The van der Waals surface area contributed by atoms with Crippen LogP contribution in [0, 0.1) is 0 Å². The van der Waals surface area contributed by atoms with Gasteiger partial charge >= 0.3 is 0 Å². The molecule has 0 N–H and O–H groups in total. The van der Waals surface area contributed by atoms with Gasteiger partial charge < -0.3 is 0 Å². The Labute approximate surface area is 69.4 Å². The lowest BCUT2D eigenvalue weighted by Gasteiger charge is -2.05. The largest absolute Gasteiger partial charge is 0.117 e. The topological polar surface area (TPSA) is 0 Å². The fourth-order valence-electron chi connectivity index (χ4n) is 0.938. The van der Waals surface area contributed by atoms with E-state index in [4.69, 9.17) is 7.85 Å². The lowest BCUT2D eigenvalue weighted by molar-refractivity contribution is 1.23. The van der Waals surface area contributed by atoms with Crippen molar-refractivity contribution in [2.75, 3.05) is 0 Å². The highest BCUT2D eigenvalue weighted by atomic mass is 14.0. The van der Waals surface area contributed by atoms with Gasteiger partial charge in [0, 0.05) is 0 Å². The van der Waals surface area contributed by atoms with Gasteiger partial charge in [0.15, 0.2) is 0 Å². The predicted molar refractivity (Wildman–Crippen MR) is 49.5 cm³/mol. The Balaban J connectivity index is 3.13. The summed E-state index contributed by atoms with van der Waals surface area (Å²) in [5.74, 6) is 0. The second-order valence-electron chi connectivity index (χ2n) is 2.72. The van der Waals surface area contributed by atoms with E-state index >= 15 is 0 Å². The third-order valence-corrected chi connectivity index (χ3v) is 1.91. The molecule has 0 heterocycles. The Morgan fingerprint density at radius 2 is 2.18 bits per heavy atom. The monoisotopic (exact) mass is 142 g/mol. The standard InChI is InChI=1S/C10H11B/c1-8-6-4-3-5-7-10(11)9(8)2/h3-5H,7H2,1-2H3/b5-3-,10-9-. The molecule has 0 unspecified atom stereocenters. The number of rotatable bonds is 0. The lowest BCUT2D eigenvalue weighted by Crippen LogP contribution is -1.89. The molecule has 1 aliphatic rings. The van der Waals surface area contributed by atoms with Gasteiger partial charge in [0.1, 0.15) is 7.85 Å². The summed E-state index contributed by atoms with van der Waals surface area (Å²) in [7, 11) is 5.79. The highest BCUT2D eigenvalue weighted by Crippen LogP contribution is 2.14. The average molecular weight is 142 g/mol. The summed E-state index contributed by atoms with van der Waals surface area (Å²) in [5.41, 5.74) is 6.36. The van der Waals surface area contributed by atoms with Gasteiger partial charge in [-0.15, -0.1) is 11.2 Å². The maximum absolute atomic E-state index is 5.79. The van der Waals surface area contributed by atoms with Crippen LogP contribution < -0.4 is 0 Å². The molecule has 0 saturated heterocycles. The summed E-state index contributed by atoms with van der Waals surface area (Å²) in [6.07, 6.45) is 6.79. The molecule has 0 spiro atoms. The Morgan fingerprint density at radius 1 is 1.45 bits per heavy atom. The minimum atomic E-state index is 0.849. The van der Waals surface area contributed by atoms with Crippen LogP contribution in [0.5, 0.6) is 0 Å². The zero-order chi connectivity index (χ0) is 8.27. The molecule has 1 rings (SSSR count). The van der Waals surface area contributed by atoms with Gasteiger partial charge in [-0.05, 0) is 31.9 Å². The minimum Gasteiger partial charge on any atom is -0.117 e. The Bertz CT molecular complexity index is 273. The normalized spacial score (nSPS) is 27.3. The first-order valence-corrected chi connectivity index (χ1v) is 3.76. The third-order valence-electron chi connectivity index (χ3n) is 1.91. The van der Waals surface area contributed by atoms with E-state index in [0.717, 1.165) is 23.0 Å². The van der Waals surface area contributed by atoms with Crippen LogP contribution in [-0.4, -0.2) is 7.85 Å². The van der Waals surface area contributed by atoms with Crippen molar-refractivity contribution in [3.05, 3.63) is 40.6 Å². The van der Waals surface area contributed by atoms with Crippen LogP contribution in [0.2, 0.25) is 0 Å². The maximum atomic E-state index is 5.79. The Morgan fingerprint density at radius 3 is 2.91 bits per heavy atom. The summed E-state index contributed by atoms with van der Waals surface area (Å²) in [6, 6.07) is 0. The fraction of sp³-hybridized carbons (Fsp3) is 0.300. The molecule has 0 amide bonds. The first-order chi connectivity index (χ1) is 5.22. The zero-order valence-corrected chi connectivity index (χ0v) is 7.02. The molecule has 1 aliphatic carbocycles. The number of hydrogen-bond donors (Lipinski definition) is 0. The molecule has 0 aromatic carbocycles. The lowest BCUT2D eigenvalue weighted by atomic mass is 9.85. The molecule has 0 nitrogen and oxygen atoms in total. The molecule has 0 aromatic rings. The fourth-order valence-corrected chi connectivity index (χ4v) is 0.938. The number of allylic oxidation sites excluding steroid dienone is 5. The molecule has 0 saturated carbocycles. The van der Waals surface area contributed by atoms with Gasteiger partial charge in [0.2, 0.25) is 0 Å². The second-order valence-corrected chi connectivity index (χ2v) is 2.72. The van der Waals surface area contributed by atoms with Crippen molar-refractivity contribution in [2.45, 2.75) is 20.3 Å². The smallest absolute Gasteiger partial charge is 0.108 e. The van der Waals surface area contributed by atoms with Gasteiger partial charge in [-0.2, -0.15) is 0 Å². The molecule has 0 bridgehead atoms. The van der Waals surface area contributed by atoms with E-state index in [-0.39, 0.29) is 0 Å². The van der Waals surface area contributed by atoms with Crippen molar-refractivity contribution < 1.29 is 0 Å². The van der Waals surface area contributed by atoms with Crippen molar-refractivity contribution in [2.24, 2.45) is 0 Å². The first kappa shape index (κ1) is 8.16. The quantitative estimate of drug-likeness (QED) is 0.360. The average Bonchev–Trinajstić information content (AvgIpc) is 2.00. The highest BCUT2D eigenvalue weighted by Gasteiger charge is 1.97. The molecular formula is C10H11B. The van der Waals surface area contributed by atoms with E-state index in [1.807, 2.05) is 32.1 Å². The van der Waals surface area contributed by atoms with Crippen molar-refractivity contribution in [3.63, 3.8) is 0 Å². The first-order valence-electron chi connectivity index (χ1n) is 3.76. The van der Waals surface area contributed by atoms with E-state index in [1.54, 1.807) is 0 Å². The molecule has 2 radical (unpaired) electrons. The molecule has 54 valence electrons. The Hall–Kier alpha value is -0.935. The summed E-state index contributed by atoms with van der Waals surface area (Å²) < 4.78 is 0. The molecule has 0 aliphatic heterocycles. The molecule has 0 fully saturated rings. The van der Waals surface area contributed by atoms with Crippen LogP contribution in [0.4, 0.5) is 0 Å². The van der Waals surface area contributed by atoms with Crippen molar-refractivity contribution >= 4 is 7.85 Å². The van der Waals surface area contributed by atoms with Crippen LogP contribution in [-0.2, 0) is 0 Å². The van der Waals surface area contributed by atoms with E-state index < -0.39 is 0 Å². The third kappa shape index (κ3) is 1.99. The summed E-state index contributed by atoms with van der Waals surface area (Å²) >= 11 is 0. The van der Waals surface area contributed by atoms with Gasteiger partial charge in [0.05, 0.1) is 0 Å². The summed E-state index contributed by atoms with van der Waals surface area (Å²) in [4.78, 5) is 0. The minimum absolute atomic E-state index is 0.849. The molecule has 0 atom stereocenters. The predicted octanol–water partition coefficient (Wildman–Crippen LogP) is 2.49. The molecule has 1 heteroatoms.